The van der Waals surface area contributed by atoms with Gasteiger partial charge in [-0.15, -0.1) is 0 Å². The van der Waals surface area contributed by atoms with Gasteiger partial charge in [0.25, 0.3) is 0 Å². The van der Waals surface area contributed by atoms with Gasteiger partial charge >= 0.3 is 11.9 Å². The van der Waals surface area contributed by atoms with Gasteiger partial charge in [-0.05, 0) is 0 Å². The summed E-state index contributed by atoms with van der Waals surface area (Å²) < 4.78 is 8.67. The third kappa shape index (κ3) is 0.293. The maximum absolute atomic E-state index is 10.3. The van der Waals surface area contributed by atoms with Crippen molar-refractivity contribution in [3.8, 4) is 0 Å². The van der Waals surface area contributed by atoms with Gasteiger partial charge in [0.1, 0.15) is 0 Å². The molecule has 4 nitrogen and oxygen atoms in total. The van der Waals surface area contributed by atoms with Crippen LogP contribution >= 0.6 is 0 Å². The number of carbonyl (C=O) groups is 2. The Balaban J connectivity index is 2.31. The first kappa shape index (κ1) is 4.03. The molecule has 2 aliphatic rings. The van der Waals surface area contributed by atoms with Crippen molar-refractivity contribution in [3.05, 3.63) is 0 Å². The molecule has 0 aromatic rings. The molecule has 2 heterocycles. The third-order valence-electron chi connectivity index (χ3n) is 1.16. The molecule has 0 unspecified atom stereocenters. The molecule has 0 bridgehead atoms. The lowest BCUT2D eigenvalue weighted by atomic mass is 10.4. The van der Waals surface area contributed by atoms with Gasteiger partial charge in [-0.3, -0.25) is 0 Å². The fourth-order valence-electron chi connectivity index (χ4n) is 0.686. The van der Waals surface area contributed by atoms with Crippen LogP contribution in [0.2, 0.25) is 0 Å². The standard InChI is InChI=1S/C4H2O4/c5-3-1-2(7-1)4(6)8-3/h1-2H/t1-,2-/m0/s1. The molecule has 2 aliphatic heterocycles. The molecule has 0 amide bonds. The number of carbonyl (C=O) groups excluding carboxylic acids is 2. The van der Waals surface area contributed by atoms with E-state index < -0.39 is 24.1 Å². The van der Waals surface area contributed by atoms with Gasteiger partial charge in [0.2, 0.25) is 0 Å². The van der Waals surface area contributed by atoms with E-state index in [1.54, 1.807) is 0 Å². The van der Waals surface area contributed by atoms with E-state index in [4.69, 9.17) is 0 Å². The number of ether oxygens (including phenoxy) is 2. The molecular formula is C4H2O4. The van der Waals surface area contributed by atoms with Crippen LogP contribution in [-0.2, 0) is 19.1 Å². The minimum atomic E-state index is -0.553. The van der Waals surface area contributed by atoms with E-state index >= 15 is 0 Å². The topological polar surface area (TPSA) is 55.9 Å². The Morgan fingerprint density at radius 1 is 1.12 bits per heavy atom. The maximum atomic E-state index is 10.3. The monoisotopic (exact) mass is 114 g/mol. The van der Waals surface area contributed by atoms with Crippen LogP contribution < -0.4 is 0 Å². The summed E-state index contributed by atoms with van der Waals surface area (Å²) in [6.07, 6.45) is -1.11. The molecule has 8 heavy (non-hydrogen) atoms. The van der Waals surface area contributed by atoms with Gasteiger partial charge < -0.3 is 9.47 Å². The normalized spacial score (nSPS) is 41.5. The number of cyclic esters (lactones) is 2. The number of hydrogen-bond acceptors (Lipinski definition) is 4. The Kier molecular flexibility index (Phi) is 0.465. The fourth-order valence-corrected chi connectivity index (χ4v) is 0.686. The van der Waals surface area contributed by atoms with Crippen molar-refractivity contribution in [3.63, 3.8) is 0 Å². The second kappa shape index (κ2) is 0.925. The summed E-state index contributed by atoms with van der Waals surface area (Å²) in [6, 6.07) is 0. The molecule has 42 valence electrons. The number of hydrogen-bond donors (Lipinski definition) is 0. The van der Waals surface area contributed by atoms with Crippen LogP contribution in [0.1, 0.15) is 0 Å². The maximum Gasteiger partial charge on any atom is 0.346 e. The third-order valence-corrected chi connectivity index (χ3v) is 1.16. The Hall–Kier alpha value is -0.900. The Bertz CT molecular complexity index is 155. The zero-order chi connectivity index (χ0) is 5.72. The van der Waals surface area contributed by atoms with Crippen LogP contribution in [0.5, 0.6) is 0 Å². The summed E-state index contributed by atoms with van der Waals surface area (Å²) in [5.41, 5.74) is 0. The predicted molar refractivity (Wildman–Crippen MR) is 19.8 cm³/mol. The number of epoxide rings is 1. The zero-order valence-corrected chi connectivity index (χ0v) is 3.79. The van der Waals surface area contributed by atoms with E-state index in [0.29, 0.717) is 0 Å². The highest BCUT2D eigenvalue weighted by atomic mass is 16.7. The Morgan fingerprint density at radius 2 is 1.62 bits per heavy atom. The van der Waals surface area contributed by atoms with Crippen LogP contribution in [0.25, 0.3) is 0 Å². The number of fused-ring (bicyclic) bond motifs is 1. The molecule has 2 fully saturated rings. The highest BCUT2D eigenvalue weighted by Crippen LogP contribution is 2.30. The Morgan fingerprint density at radius 3 is 1.75 bits per heavy atom. The second-order valence-corrected chi connectivity index (χ2v) is 1.72. The molecule has 0 N–H and O–H groups in total. The molecule has 2 saturated heterocycles. The van der Waals surface area contributed by atoms with Crippen LogP contribution in [0.15, 0.2) is 0 Å². The lowest BCUT2D eigenvalue weighted by Crippen LogP contribution is -2.07. The zero-order valence-electron chi connectivity index (χ0n) is 3.79. The first-order chi connectivity index (χ1) is 3.79. The molecule has 0 radical (unpaired) electrons. The van der Waals surface area contributed by atoms with Crippen LogP contribution in [-0.4, -0.2) is 24.1 Å². The number of esters is 2. The summed E-state index contributed by atoms with van der Waals surface area (Å²) in [7, 11) is 0. The molecule has 2 atom stereocenters. The van der Waals surface area contributed by atoms with Gasteiger partial charge in [0.05, 0.1) is 0 Å². The SMILES string of the molecule is O=C1OC(=O)[C@H]2O[C@H]12. The van der Waals surface area contributed by atoms with Gasteiger partial charge in [0, 0.05) is 0 Å². The van der Waals surface area contributed by atoms with Crippen molar-refractivity contribution in [2.45, 2.75) is 12.2 Å². The molecule has 0 aliphatic carbocycles. The average Bonchev–Trinajstić information content (AvgIpc) is 2.35. The first-order valence-corrected chi connectivity index (χ1v) is 2.20. The van der Waals surface area contributed by atoms with Gasteiger partial charge in [-0.2, -0.15) is 0 Å². The molecular weight excluding hydrogens is 112 g/mol. The van der Waals surface area contributed by atoms with E-state index in [2.05, 4.69) is 9.47 Å². The van der Waals surface area contributed by atoms with E-state index in [1.807, 2.05) is 0 Å². The molecule has 0 aromatic carbocycles. The van der Waals surface area contributed by atoms with Gasteiger partial charge in [0.15, 0.2) is 12.2 Å². The lowest BCUT2D eigenvalue weighted by molar-refractivity contribution is -0.159. The van der Waals surface area contributed by atoms with Crippen LogP contribution in [0.3, 0.4) is 0 Å². The summed E-state index contributed by atoms with van der Waals surface area (Å²) in [4.78, 5) is 20.5. The average molecular weight is 114 g/mol. The largest absolute Gasteiger partial charge is 0.389 e. The smallest absolute Gasteiger partial charge is 0.346 e. The lowest BCUT2D eigenvalue weighted by Gasteiger charge is -1.87. The van der Waals surface area contributed by atoms with E-state index in [0.717, 1.165) is 0 Å². The first-order valence-electron chi connectivity index (χ1n) is 2.20. The quantitative estimate of drug-likeness (QED) is 0.226. The second-order valence-electron chi connectivity index (χ2n) is 1.72. The summed E-state index contributed by atoms with van der Waals surface area (Å²) >= 11 is 0. The van der Waals surface area contributed by atoms with E-state index in [9.17, 15) is 9.59 Å². The van der Waals surface area contributed by atoms with E-state index in [-0.39, 0.29) is 0 Å². The van der Waals surface area contributed by atoms with Crippen molar-refractivity contribution in [1.29, 1.82) is 0 Å². The van der Waals surface area contributed by atoms with Crippen molar-refractivity contribution in [1.82, 2.24) is 0 Å². The minimum absolute atomic E-state index is 0.542. The minimum Gasteiger partial charge on any atom is -0.389 e. The van der Waals surface area contributed by atoms with Gasteiger partial charge in [-0.25, -0.2) is 9.59 Å². The number of rotatable bonds is 0. The summed E-state index contributed by atoms with van der Waals surface area (Å²) in [5.74, 6) is -1.08. The predicted octanol–water partition coefficient (Wildman–Crippen LogP) is -1.16. The van der Waals surface area contributed by atoms with Gasteiger partial charge in [-0.1, -0.05) is 0 Å². The van der Waals surface area contributed by atoms with Crippen molar-refractivity contribution in [2.75, 3.05) is 0 Å². The molecule has 0 aromatic heterocycles. The highest BCUT2D eigenvalue weighted by molar-refractivity contribution is 6.03. The Labute approximate surface area is 44.4 Å². The fraction of sp³-hybridized carbons (Fsp3) is 0.500. The van der Waals surface area contributed by atoms with E-state index in [1.165, 1.54) is 0 Å². The van der Waals surface area contributed by atoms with Crippen molar-refractivity contribution < 1.29 is 19.1 Å². The summed E-state index contributed by atoms with van der Waals surface area (Å²) in [6.45, 7) is 0. The highest BCUT2D eigenvalue weighted by Gasteiger charge is 2.59. The van der Waals surface area contributed by atoms with Crippen LogP contribution in [0.4, 0.5) is 0 Å². The van der Waals surface area contributed by atoms with Crippen molar-refractivity contribution in [2.24, 2.45) is 0 Å². The van der Waals surface area contributed by atoms with Crippen LogP contribution in [0, 0.1) is 0 Å². The summed E-state index contributed by atoms with van der Waals surface area (Å²) in [5, 5.41) is 0. The molecule has 0 saturated carbocycles. The molecule has 4 heteroatoms. The molecule has 2 rings (SSSR count). The van der Waals surface area contributed by atoms with Crippen molar-refractivity contribution >= 4 is 11.9 Å². The molecule has 0 spiro atoms.